The number of benzene rings is 1. The van der Waals surface area contributed by atoms with E-state index in [2.05, 4.69) is 10.1 Å². The summed E-state index contributed by atoms with van der Waals surface area (Å²) in [7, 11) is 0. The normalized spacial score (nSPS) is 17.8. The van der Waals surface area contributed by atoms with E-state index in [0.717, 1.165) is 59.8 Å². The Balaban J connectivity index is 1.42. The number of imidazole rings is 1. The van der Waals surface area contributed by atoms with Crippen molar-refractivity contribution in [2.45, 2.75) is 45.4 Å². The van der Waals surface area contributed by atoms with Crippen molar-refractivity contribution < 1.29 is 9.32 Å². The molecular weight excluding hydrogens is 328 g/mol. The number of hydrogen-bond donors (Lipinski definition) is 1. The van der Waals surface area contributed by atoms with E-state index in [4.69, 9.17) is 9.51 Å². The molecule has 1 saturated heterocycles. The van der Waals surface area contributed by atoms with Crippen molar-refractivity contribution in [3.05, 3.63) is 47.1 Å². The fourth-order valence-corrected chi connectivity index (χ4v) is 3.84. The second-order valence-corrected chi connectivity index (χ2v) is 7.12. The number of para-hydroxylation sites is 2. The average Bonchev–Trinajstić information content (AvgIpc) is 3.23. The predicted molar refractivity (Wildman–Crippen MR) is 98.9 cm³/mol. The quantitative estimate of drug-likeness (QED) is 0.780. The first kappa shape index (κ1) is 16.8. The van der Waals surface area contributed by atoms with Crippen LogP contribution < -0.4 is 0 Å². The number of H-pyrrole nitrogens is 1. The number of hydrogen-bond acceptors (Lipinski definition) is 4. The SMILES string of the molecule is Cc1noc(C)c1CCC(=O)N1CCCC(c2nc3ccccc3[nH]2)C1. The van der Waals surface area contributed by atoms with Crippen LogP contribution in [0.5, 0.6) is 0 Å². The first-order valence-electron chi connectivity index (χ1n) is 9.26. The van der Waals surface area contributed by atoms with Crippen molar-refractivity contribution in [2.75, 3.05) is 13.1 Å². The third-order valence-electron chi connectivity index (χ3n) is 5.34. The van der Waals surface area contributed by atoms with Gasteiger partial charge in [0, 0.05) is 31.0 Å². The van der Waals surface area contributed by atoms with Gasteiger partial charge in [0.15, 0.2) is 0 Å². The van der Waals surface area contributed by atoms with Crippen LogP contribution in [0.3, 0.4) is 0 Å². The van der Waals surface area contributed by atoms with Crippen molar-refractivity contribution >= 4 is 16.9 Å². The van der Waals surface area contributed by atoms with Gasteiger partial charge in [0.1, 0.15) is 11.6 Å². The largest absolute Gasteiger partial charge is 0.361 e. The van der Waals surface area contributed by atoms with Gasteiger partial charge in [-0.15, -0.1) is 0 Å². The Bertz CT molecular complexity index is 874. The zero-order valence-electron chi connectivity index (χ0n) is 15.3. The summed E-state index contributed by atoms with van der Waals surface area (Å²) in [5.41, 5.74) is 3.99. The molecule has 2 aromatic heterocycles. The molecule has 3 heterocycles. The molecule has 1 aliphatic rings. The Hall–Kier alpha value is -2.63. The second kappa shape index (κ2) is 6.94. The molecule has 0 saturated carbocycles. The summed E-state index contributed by atoms with van der Waals surface area (Å²) >= 11 is 0. The lowest BCUT2D eigenvalue weighted by molar-refractivity contribution is -0.132. The molecule has 26 heavy (non-hydrogen) atoms. The van der Waals surface area contributed by atoms with Gasteiger partial charge in [-0.2, -0.15) is 0 Å². The average molecular weight is 352 g/mol. The highest BCUT2D eigenvalue weighted by Gasteiger charge is 2.27. The summed E-state index contributed by atoms with van der Waals surface area (Å²) in [5, 5.41) is 3.97. The fraction of sp³-hybridized carbons (Fsp3) is 0.450. The highest BCUT2D eigenvalue weighted by Crippen LogP contribution is 2.27. The number of nitrogens with one attached hydrogen (secondary N) is 1. The van der Waals surface area contributed by atoms with E-state index >= 15 is 0 Å². The van der Waals surface area contributed by atoms with Crippen LogP contribution >= 0.6 is 0 Å². The number of carbonyl (C=O) groups is 1. The topological polar surface area (TPSA) is 75.0 Å². The van der Waals surface area contributed by atoms with Crippen LogP contribution in [-0.2, 0) is 11.2 Å². The van der Waals surface area contributed by atoms with Crippen molar-refractivity contribution in [1.29, 1.82) is 0 Å². The number of aryl methyl sites for hydroxylation is 2. The Labute approximate surface area is 152 Å². The number of piperidine rings is 1. The van der Waals surface area contributed by atoms with Crippen LogP contribution in [0.4, 0.5) is 0 Å². The van der Waals surface area contributed by atoms with Crippen molar-refractivity contribution in [3.63, 3.8) is 0 Å². The van der Waals surface area contributed by atoms with E-state index in [1.807, 2.05) is 43.0 Å². The second-order valence-electron chi connectivity index (χ2n) is 7.12. The molecule has 1 unspecified atom stereocenters. The lowest BCUT2D eigenvalue weighted by Gasteiger charge is -2.32. The zero-order chi connectivity index (χ0) is 18.1. The molecule has 1 aromatic carbocycles. The number of aromatic nitrogens is 3. The summed E-state index contributed by atoms with van der Waals surface area (Å²) in [6, 6.07) is 8.07. The Morgan fingerprint density at radius 3 is 2.96 bits per heavy atom. The summed E-state index contributed by atoms with van der Waals surface area (Å²) in [6.07, 6.45) is 3.26. The molecule has 1 amide bonds. The third kappa shape index (κ3) is 3.23. The minimum atomic E-state index is 0.200. The monoisotopic (exact) mass is 352 g/mol. The predicted octanol–water partition coefficient (Wildman–Crippen LogP) is 3.51. The highest BCUT2D eigenvalue weighted by molar-refractivity contribution is 5.77. The zero-order valence-corrected chi connectivity index (χ0v) is 15.3. The molecule has 0 aliphatic carbocycles. The molecule has 6 nitrogen and oxygen atoms in total. The number of carbonyl (C=O) groups excluding carboxylic acids is 1. The lowest BCUT2D eigenvalue weighted by Crippen LogP contribution is -2.39. The van der Waals surface area contributed by atoms with Crippen molar-refractivity contribution in [1.82, 2.24) is 20.0 Å². The molecule has 0 radical (unpaired) electrons. The maximum atomic E-state index is 12.7. The van der Waals surface area contributed by atoms with Gasteiger partial charge in [0.25, 0.3) is 0 Å². The lowest BCUT2D eigenvalue weighted by atomic mass is 9.96. The van der Waals surface area contributed by atoms with Gasteiger partial charge in [-0.25, -0.2) is 4.98 Å². The van der Waals surface area contributed by atoms with E-state index in [-0.39, 0.29) is 11.8 Å². The van der Waals surface area contributed by atoms with Gasteiger partial charge < -0.3 is 14.4 Å². The fourth-order valence-electron chi connectivity index (χ4n) is 3.84. The number of nitrogens with zero attached hydrogens (tertiary/aromatic N) is 3. The van der Waals surface area contributed by atoms with Gasteiger partial charge in [-0.05, 0) is 45.2 Å². The van der Waals surface area contributed by atoms with Crippen LogP contribution in [0, 0.1) is 13.8 Å². The molecule has 0 spiro atoms. The molecule has 1 aliphatic heterocycles. The highest BCUT2D eigenvalue weighted by atomic mass is 16.5. The minimum Gasteiger partial charge on any atom is -0.361 e. The van der Waals surface area contributed by atoms with Gasteiger partial charge in [0.2, 0.25) is 5.91 Å². The summed E-state index contributed by atoms with van der Waals surface area (Å²) in [6.45, 7) is 5.39. The molecule has 1 atom stereocenters. The van der Waals surface area contributed by atoms with Gasteiger partial charge >= 0.3 is 0 Å². The minimum absolute atomic E-state index is 0.200. The van der Waals surface area contributed by atoms with E-state index in [0.29, 0.717) is 12.8 Å². The van der Waals surface area contributed by atoms with Crippen LogP contribution in [0.15, 0.2) is 28.8 Å². The molecule has 4 rings (SSSR count). The Kier molecular flexibility index (Phi) is 4.49. The molecule has 3 aromatic rings. The van der Waals surface area contributed by atoms with E-state index in [1.54, 1.807) is 0 Å². The van der Waals surface area contributed by atoms with Crippen LogP contribution in [0.2, 0.25) is 0 Å². The van der Waals surface area contributed by atoms with Gasteiger partial charge in [-0.1, -0.05) is 17.3 Å². The number of amides is 1. The van der Waals surface area contributed by atoms with Crippen molar-refractivity contribution in [2.24, 2.45) is 0 Å². The third-order valence-corrected chi connectivity index (χ3v) is 5.34. The van der Waals surface area contributed by atoms with E-state index in [1.165, 1.54) is 0 Å². The number of aromatic amines is 1. The molecular formula is C20H24N4O2. The Morgan fingerprint density at radius 1 is 1.35 bits per heavy atom. The number of fused-ring (bicyclic) bond motifs is 1. The van der Waals surface area contributed by atoms with Crippen LogP contribution in [0.25, 0.3) is 11.0 Å². The summed E-state index contributed by atoms with van der Waals surface area (Å²) in [4.78, 5) is 22.8. The first-order chi connectivity index (χ1) is 12.6. The molecule has 1 N–H and O–H groups in total. The molecule has 136 valence electrons. The standard InChI is InChI=1S/C20H24N4O2/c1-13-16(14(2)26-23-13)9-10-19(25)24-11-5-6-15(12-24)20-21-17-7-3-4-8-18(17)22-20/h3-4,7-8,15H,5-6,9-12H2,1-2H3,(H,21,22). The Morgan fingerprint density at radius 2 is 2.19 bits per heavy atom. The van der Waals surface area contributed by atoms with Crippen LogP contribution in [-0.4, -0.2) is 39.0 Å². The molecule has 0 bridgehead atoms. The molecule has 6 heteroatoms. The van der Waals surface area contributed by atoms with Gasteiger partial charge in [-0.3, -0.25) is 4.79 Å². The maximum absolute atomic E-state index is 12.7. The first-order valence-corrected chi connectivity index (χ1v) is 9.26. The smallest absolute Gasteiger partial charge is 0.222 e. The maximum Gasteiger partial charge on any atom is 0.222 e. The van der Waals surface area contributed by atoms with Gasteiger partial charge in [0.05, 0.1) is 16.7 Å². The summed E-state index contributed by atoms with van der Waals surface area (Å²) in [5.74, 6) is 2.29. The van der Waals surface area contributed by atoms with E-state index < -0.39 is 0 Å². The molecule has 1 fully saturated rings. The van der Waals surface area contributed by atoms with Crippen LogP contribution in [0.1, 0.15) is 48.0 Å². The van der Waals surface area contributed by atoms with E-state index in [9.17, 15) is 4.79 Å². The van der Waals surface area contributed by atoms with Crippen molar-refractivity contribution in [3.8, 4) is 0 Å². The number of rotatable bonds is 4. The summed E-state index contributed by atoms with van der Waals surface area (Å²) < 4.78 is 5.19. The number of likely N-dealkylation sites (tertiary alicyclic amines) is 1.